The lowest BCUT2D eigenvalue weighted by Crippen LogP contribution is -2.34. The Kier molecular flexibility index (Phi) is 20.0. The predicted octanol–water partition coefficient (Wildman–Crippen LogP) is 8.72. The molecule has 0 amide bonds. The molecule has 1 rings (SSSR count). The summed E-state index contributed by atoms with van der Waals surface area (Å²) in [5.41, 5.74) is 0. The molecule has 0 heterocycles. The van der Waals surface area contributed by atoms with Crippen molar-refractivity contribution in [2.75, 3.05) is 13.2 Å². The zero-order valence-corrected chi connectivity index (χ0v) is 22.5. The van der Waals surface area contributed by atoms with Gasteiger partial charge in [-0.1, -0.05) is 129 Å². The van der Waals surface area contributed by atoms with Gasteiger partial charge >= 0.3 is 11.9 Å². The van der Waals surface area contributed by atoms with Crippen LogP contribution in [0.4, 0.5) is 0 Å². The molecule has 4 heteroatoms. The fraction of sp³-hybridized carbons (Fsp3) is 0.867. The molecular weight excluding hydrogens is 424 g/mol. The van der Waals surface area contributed by atoms with Crippen LogP contribution in [0.5, 0.6) is 0 Å². The van der Waals surface area contributed by atoms with E-state index < -0.39 is 0 Å². The van der Waals surface area contributed by atoms with E-state index in [0.717, 1.165) is 25.7 Å². The van der Waals surface area contributed by atoms with Gasteiger partial charge in [0.1, 0.15) is 0 Å². The lowest BCUT2D eigenvalue weighted by atomic mass is 9.83. The first kappa shape index (κ1) is 30.7. The second kappa shape index (κ2) is 22.2. The van der Waals surface area contributed by atoms with Crippen LogP contribution in [-0.2, 0) is 19.1 Å². The van der Waals surface area contributed by atoms with Crippen molar-refractivity contribution in [1.82, 2.24) is 0 Å². The molecule has 0 saturated carbocycles. The molecule has 4 nitrogen and oxygen atoms in total. The van der Waals surface area contributed by atoms with Gasteiger partial charge in [-0.25, -0.2) is 0 Å². The van der Waals surface area contributed by atoms with Crippen molar-refractivity contribution >= 4 is 11.9 Å². The van der Waals surface area contributed by atoms with Crippen LogP contribution in [0.2, 0.25) is 0 Å². The fourth-order valence-corrected chi connectivity index (χ4v) is 4.69. The van der Waals surface area contributed by atoms with E-state index in [9.17, 15) is 9.59 Å². The Labute approximate surface area is 210 Å². The number of rotatable bonds is 22. The Balaban J connectivity index is 1.96. The van der Waals surface area contributed by atoms with E-state index in [-0.39, 0.29) is 23.8 Å². The molecule has 0 aromatic carbocycles. The van der Waals surface area contributed by atoms with Gasteiger partial charge in [0.05, 0.1) is 25.0 Å². The van der Waals surface area contributed by atoms with E-state index in [4.69, 9.17) is 9.47 Å². The van der Waals surface area contributed by atoms with Crippen LogP contribution in [0, 0.1) is 11.8 Å². The van der Waals surface area contributed by atoms with Crippen molar-refractivity contribution in [2.45, 2.75) is 142 Å². The van der Waals surface area contributed by atoms with Crippen LogP contribution in [0.15, 0.2) is 12.2 Å². The van der Waals surface area contributed by atoms with Gasteiger partial charge in [-0.3, -0.25) is 9.59 Å². The highest BCUT2D eigenvalue weighted by atomic mass is 16.5. The Morgan fingerprint density at radius 3 is 1.24 bits per heavy atom. The molecule has 0 bridgehead atoms. The van der Waals surface area contributed by atoms with Gasteiger partial charge in [0.2, 0.25) is 0 Å². The topological polar surface area (TPSA) is 52.6 Å². The summed E-state index contributed by atoms with van der Waals surface area (Å²) in [6, 6.07) is 0. The summed E-state index contributed by atoms with van der Waals surface area (Å²) in [6.07, 6.45) is 28.2. The number of esters is 2. The summed E-state index contributed by atoms with van der Waals surface area (Å²) in [7, 11) is 0. The Bertz CT molecular complexity index is 528. The standard InChI is InChI=1S/C30H54O4/c1-3-5-7-8-9-10-11-12-13-14-15-16-17-18-19-22-26-34-30(32)28-24-21-20-23-27(28)29(31)33-25-6-4-2/h20-21,27-28H,3-19,22-26H2,1-2H3. The molecule has 198 valence electrons. The highest BCUT2D eigenvalue weighted by Gasteiger charge is 2.36. The quantitative estimate of drug-likeness (QED) is 0.0886. The number of allylic oxidation sites excluding steroid dienone is 2. The molecule has 0 fully saturated rings. The molecule has 1 aliphatic carbocycles. The minimum Gasteiger partial charge on any atom is -0.465 e. The zero-order valence-electron chi connectivity index (χ0n) is 22.5. The van der Waals surface area contributed by atoms with Crippen LogP contribution < -0.4 is 0 Å². The molecule has 0 N–H and O–H groups in total. The first-order valence-corrected chi connectivity index (χ1v) is 14.7. The Hall–Kier alpha value is -1.32. The van der Waals surface area contributed by atoms with Crippen molar-refractivity contribution in [3.8, 4) is 0 Å². The van der Waals surface area contributed by atoms with E-state index in [1.54, 1.807) is 0 Å². The number of hydrogen-bond donors (Lipinski definition) is 0. The third kappa shape index (κ3) is 15.6. The van der Waals surface area contributed by atoms with Gasteiger partial charge in [-0.05, 0) is 25.7 Å². The van der Waals surface area contributed by atoms with Crippen LogP contribution in [0.3, 0.4) is 0 Å². The Morgan fingerprint density at radius 1 is 0.529 bits per heavy atom. The zero-order chi connectivity index (χ0) is 24.7. The SMILES string of the molecule is CCCCCCCCCCCCCCCCCCOC(=O)C1CC=CCC1C(=O)OCCCC. The number of carbonyl (C=O) groups is 2. The van der Waals surface area contributed by atoms with E-state index in [1.165, 1.54) is 89.9 Å². The second-order valence-corrected chi connectivity index (χ2v) is 10.1. The van der Waals surface area contributed by atoms with Crippen molar-refractivity contribution in [3.63, 3.8) is 0 Å². The normalized spacial score (nSPS) is 17.6. The van der Waals surface area contributed by atoms with Crippen molar-refractivity contribution in [2.24, 2.45) is 11.8 Å². The van der Waals surface area contributed by atoms with E-state index >= 15 is 0 Å². The molecule has 0 aromatic rings. The van der Waals surface area contributed by atoms with Crippen LogP contribution in [0.1, 0.15) is 142 Å². The van der Waals surface area contributed by atoms with Gasteiger partial charge in [0.25, 0.3) is 0 Å². The van der Waals surface area contributed by atoms with Crippen LogP contribution >= 0.6 is 0 Å². The van der Waals surface area contributed by atoms with Crippen LogP contribution in [0.25, 0.3) is 0 Å². The highest BCUT2D eigenvalue weighted by Crippen LogP contribution is 2.28. The fourth-order valence-electron chi connectivity index (χ4n) is 4.69. The number of hydrogen-bond acceptors (Lipinski definition) is 4. The lowest BCUT2D eigenvalue weighted by Gasteiger charge is -2.25. The summed E-state index contributed by atoms with van der Waals surface area (Å²) in [5, 5.41) is 0. The average molecular weight is 479 g/mol. The minimum atomic E-state index is -0.389. The van der Waals surface area contributed by atoms with Crippen LogP contribution in [-0.4, -0.2) is 25.2 Å². The lowest BCUT2D eigenvalue weighted by molar-refractivity contribution is -0.161. The molecule has 2 atom stereocenters. The smallest absolute Gasteiger partial charge is 0.310 e. The average Bonchev–Trinajstić information content (AvgIpc) is 2.85. The third-order valence-corrected chi connectivity index (χ3v) is 7.02. The summed E-state index contributed by atoms with van der Waals surface area (Å²) in [6.45, 7) is 5.25. The van der Waals surface area contributed by atoms with Crippen molar-refractivity contribution in [1.29, 1.82) is 0 Å². The molecular formula is C30H54O4. The Morgan fingerprint density at radius 2 is 0.853 bits per heavy atom. The minimum absolute atomic E-state index is 0.234. The molecule has 0 aromatic heterocycles. The molecule has 0 saturated heterocycles. The molecule has 2 unspecified atom stereocenters. The van der Waals surface area contributed by atoms with E-state index in [2.05, 4.69) is 13.8 Å². The molecule has 0 spiro atoms. The monoisotopic (exact) mass is 478 g/mol. The number of unbranched alkanes of at least 4 members (excludes halogenated alkanes) is 16. The maximum atomic E-state index is 12.5. The summed E-state index contributed by atoms with van der Waals surface area (Å²) in [5.74, 6) is -1.26. The van der Waals surface area contributed by atoms with Gasteiger partial charge < -0.3 is 9.47 Å². The molecule has 1 aliphatic rings. The summed E-state index contributed by atoms with van der Waals surface area (Å²) >= 11 is 0. The largest absolute Gasteiger partial charge is 0.465 e. The maximum Gasteiger partial charge on any atom is 0.310 e. The summed E-state index contributed by atoms with van der Waals surface area (Å²) < 4.78 is 10.9. The highest BCUT2D eigenvalue weighted by molar-refractivity contribution is 5.82. The van der Waals surface area contributed by atoms with Crippen molar-refractivity contribution in [3.05, 3.63) is 12.2 Å². The maximum absolute atomic E-state index is 12.5. The van der Waals surface area contributed by atoms with Gasteiger partial charge in [-0.15, -0.1) is 0 Å². The van der Waals surface area contributed by atoms with Gasteiger partial charge in [-0.2, -0.15) is 0 Å². The first-order chi connectivity index (χ1) is 16.7. The number of carbonyl (C=O) groups excluding carboxylic acids is 2. The molecule has 0 aliphatic heterocycles. The van der Waals surface area contributed by atoms with E-state index in [0.29, 0.717) is 26.1 Å². The van der Waals surface area contributed by atoms with Crippen molar-refractivity contribution < 1.29 is 19.1 Å². The first-order valence-electron chi connectivity index (χ1n) is 14.7. The predicted molar refractivity (Wildman–Crippen MR) is 142 cm³/mol. The van der Waals surface area contributed by atoms with Gasteiger partial charge in [0.15, 0.2) is 0 Å². The second-order valence-electron chi connectivity index (χ2n) is 10.1. The van der Waals surface area contributed by atoms with Gasteiger partial charge in [0, 0.05) is 0 Å². The number of ether oxygens (including phenoxy) is 2. The molecule has 0 radical (unpaired) electrons. The summed E-state index contributed by atoms with van der Waals surface area (Å²) in [4.78, 5) is 24.9. The third-order valence-electron chi connectivity index (χ3n) is 7.02. The van der Waals surface area contributed by atoms with E-state index in [1.807, 2.05) is 12.2 Å². The molecule has 34 heavy (non-hydrogen) atoms.